The Morgan fingerprint density at radius 3 is 3.00 bits per heavy atom. The van der Waals surface area contributed by atoms with E-state index in [0.29, 0.717) is 17.6 Å². The number of hydrogen-bond donors (Lipinski definition) is 2. The lowest BCUT2D eigenvalue weighted by Crippen LogP contribution is -2.27. The summed E-state index contributed by atoms with van der Waals surface area (Å²) < 4.78 is 0. The van der Waals surface area contributed by atoms with Crippen molar-refractivity contribution in [2.45, 2.75) is 45.1 Å². The largest absolute Gasteiger partial charge is 0.365 e. The summed E-state index contributed by atoms with van der Waals surface area (Å²) in [5, 5.41) is 3.77. The minimum Gasteiger partial charge on any atom is -0.365 e. The highest BCUT2D eigenvalue weighted by Gasteiger charge is 2.21. The summed E-state index contributed by atoms with van der Waals surface area (Å²) in [7, 11) is 0. The minimum absolute atomic E-state index is 0.239. The van der Waals surface area contributed by atoms with Crippen molar-refractivity contribution in [3.63, 3.8) is 0 Å². The molecule has 19 heavy (non-hydrogen) atoms. The zero-order chi connectivity index (χ0) is 13.2. The van der Waals surface area contributed by atoms with Gasteiger partial charge in [0.15, 0.2) is 11.5 Å². The fraction of sp³-hybridized carbons (Fsp3) is 0.615. The van der Waals surface area contributed by atoms with E-state index in [1.807, 2.05) is 0 Å². The lowest BCUT2D eigenvalue weighted by Gasteiger charge is -2.23. The van der Waals surface area contributed by atoms with Gasteiger partial charge in [-0.15, -0.1) is 0 Å². The molecular weight excluding hydrogens is 262 g/mol. The average Bonchev–Trinajstić information content (AvgIpc) is 2.75. The normalized spacial score (nSPS) is 24.3. The van der Waals surface area contributed by atoms with Crippen molar-refractivity contribution in [2.75, 3.05) is 5.32 Å². The topological polar surface area (TPSA) is 66.5 Å². The molecule has 2 aromatic rings. The molecule has 3 rings (SSSR count). The molecule has 0 aromatic carbocycles. The van der Waals surface area contributed by atoms with Crippen LogP contribution in [0, 0.1) is 5.92 Å². The second kappa shape index (κ2) is 5.33. The van der Waals surface area contributed by atoms with Crippen molar-refractivity contribution >= 4 is 28.6 Å². The molecule has 6 heteroatoms. The molecule has 0 amide bonds. The second-order valence-corrected chi connectivity index (χ2v) is 5.65. The first-order valence-electron chi connectivity index (χ1n) is 6.87. The van der Waals surface area contributed by atoms with Crippen LogP contribution in [0.3, 0.4) is 0 Å². The van der Waals surface area contributed by atoms with Crippen molar-refractivity contribution in [3.05, 3.63) is 11.6 Å². The SMILES string of the molecule is CC1CCCCCC1Nc1nc(Cl)nc2nc[nH]c12. The van der Waals surface area contributed by atoms with Crippen LogP contribution in [0.15, 0.2) is 6.33 Å². The number of aromatic nitrogens is 4. The molecule has 1 aliphatic rings. The number of halogens is 1. The summed E-state index contributed by atoms with van der Waals surface area (Å²) in [6.45, 7) is 2.30. The third kappa shape index (κ3) is 2.66. The average molecular weight is 280 g/mol. The number of nitrogens with one attached hydrogen (secondary N) is 2. The van der Waals surface area contributed by atoms with Crippen LogP contribution in [0.2, 0.25) is 5.28 Å². The Bertz CT molecular complexity index is 567. The van der Waals surface area contributed by atoms with E-state index >= 15 is 0 Å². The van der Waals surface area contributed by atoms with Gasteiger partial charge in [0.05, 0.1) is 6.33 Å². The van der Waals surface area contributed by atoms with Crippen LogP contribution in [-0.2, 0) is 0 Å². The fourth-order valence-electron chi connectivity index (χ4n) is 2.79. The minimum atomic E-state index is 0.239. The van der Waals surface area contributed by atoms with Crippen molar-refractivity contribution in [1.29, 1.82) is 0 Å². The number of nitrogens with zero attached hydrogens (tertiary/aromatic N) is 3. The number of H-pyrrole nitrogens is 1. The van der Waals surface area contributed by atoms with E-state index in [-0.39, 0.29) is 5.28 Å². The smallest absolute Gasteiger partial charge is 0.226 e. The summed E-state index contributed by atoms with van der Waals surface area (Å²) in [6.07, 6.45) is 7.99. The van der Waals surface area contributed by atoms with E-state index in [4.69, 9.17) is 11.6 Å². The highest BCUT2D eigenvalue weighted by Crippen LogP contribution is 2.27. The van der Waals surface area contributed by atoms with Gasteiger partial charge in [-0.25, -0.2) is 4.98 Å². The Morgan fingerprint density at radius 1 is 1.26 bits per heavy atom. The first kappa shape index (κ1) is 12.7. The first-order valence-corrected chi connectivity index (χ1v) is 7.25. The Labute approximate surface area is 117 Å². The maximum Gasteiger partial charge on any atom is 0.226 e. The van der Waals surface area contributed by atoms with Gasteiger partial charge in [0.25, 0.3) is 0 Å². The summed E-state index contributed by atoms with van der Waals surface area (Å²) in [5.41, 5.74) is 1.45. The van der Waals surface area contributed by atoms with E-state index in [2.05, 4.69) is 32.2 Å². The van der Waals surface area contributed by atoms with Gasteiger partial charge in [-0.3, -0.25) is 0 Å². The predicted octanol–water partition coefficient (Wildman–Crippen LogP) is 3.39. The molecule has 1 aliphatic carbocycles. The molecule has 0 aliphatic heterocycles. The van der Waals surface area contributed by atoms with Crippen LogP contribution in [0.1, 0.15) is 39.0 Å². The summed E-state index contributed by atoms with van der Waals surface area (Å²) >= 11 is 5.95. The molecule has 2 unspecified atom stereocenters. The Balaban J connectivity index is 1.89. The molecule has 0 radical (unpaired) electrons. The summed E-state index contributed by atoms with van der Waals surface area (Å²) in [5.74, 6) is 1.42. The van der Waals surface area contributed by atoms with E-state index < -0.39 is 0 Å². The number of rotatable bonds is 2. The zero-order valence-electron chi connectivity index (χ0n) is 11.0. The number of aromatic amines is 1. The van der Waals surface area contributed by atoms with Crippen LogP contribution in [0.5, 0.6) is 0 Å². The summed E-state index contributed by atoms with van der Waals surface area (Å²) in [6, 6.07) is 0.444. The van der Waals surface area contributed by atoms with Gasteiger partial charge in [-0.05, 0) is 30.4 Å². The molecular formula is C13H18ClN5. The number of hydrogen-bond acceptors (Lipinski definition) is 4. The van der Waals surface area contributed by atoms with Gasteiger partial charge in [-0.1, -0.05) is 26.2 Å². The lowest BCUT2D eigenvalue weighted by molar-refractivity contribution is 0.456. The molecule has 1 fully saturated rings. The quantitative estimate of drug-likeness (QED) is 0.653. The predicted molar refractivity (Wildman–Crippen MR) is 76.4 cm³/mol. The zero-order valence-corrected chi connectivity index (χ0v) is 11.7. The standard InChI is InChI=1S/C13H18ClN5/c1-8-5-3-2-4-6-9(8)17-12-10-11(16-7-15-10)18-13(14)19-12/h7-9H,2-6H2,1H3,(H2,15,16,17,18,19). The van der Waals surface area contributed by atoms with Crippen LogP contribution >= 0.6 is 11.6 Å². The number of anilines is 1. The van der Waals surface area contributed by atoms with Gasteiger partial charge in [0, 0.05) is 6.04 Å². The van der Waals surface area contributed by atoms with Crippen molar-refractivity contribution in [3.8, 4) is 0 Å². The van der Waals surface area contributed by atoms with E-state index in [0.717, 1.165) is 11.3 Å². The van der Waals surface area contributed by atoms with Crippen LogP contribution in [0.25, 0.3) is 11.2 Å². The highest BCUT2D eigenvalue weighted by molar-refractivity contribution is 6.28. The van der Waals surface area contributed by atoms with Crippen LogP contribution in [0.4, 0.5) is 5.82 Å². The Morgan fingerprint density at radius 2 is 2.11 bits per heavy atom. The first-order chi connectivity index (χ1) is 9.24. The molecule has 0 bridgehead atoms. The van der Waals surface area contributed by atoms with E-state index in [1.54, 1.807) is 6.33 Å². The maximum absolute atomic E-state index is 5.95. The molecule has 0 spiro atoms. The third-order valence-corrected chi connectivity index (χ3v) is 4.11. The van der Waals surface area contributed by atoms with Gasteiger partial charge in [-0.2, -0.15) is 9.97 Å². The van der Waals surface area contributed by atoms with Crippen LogP contribution in [-0.4, -0.2) is 26.0 Å². The molecule has 0 saturated heterocycles. The lowest BCUT2D eigenvalue weighted by atomic mass is 9.97. The van der Waals surface area contributed by atoms with Gasteiger partial charge in [0.1, 0.15) is 5.52 Å². The van der Waals surface area contributed by atoms with Gasteiger partial charge in [0.2, 0.25) is 5.28 Å². The number of fused-ring (bicyclic) bond motifs is 1. The third-order valence-electron chi connectivity index (χ3n) is 3.94. The van der Waals surface area contributed by atoms with Crippen molar-refractivity contribution < 1.29 is 0 Å². The molecule has 2 N–H and O–H groups in total. The summed E-state index contributed by atoms with van der Waals surface area (Å²) in [4.78, 5) is 15.6. The number of imidazole rings is 1. The molecule has 5 nitrogen and oxygen atoms in total. The van der Waals surface area contributed by atoms with Crippen molar-refractivity contribution in [1.82, 2.24) is 19.9 Å². The van der Waals surface area contributed by atoms with Gasteiger partial charge < -0.3 is 10.3 Å². The Hall–Kier alpha value is -1.36. The highest BCUT2D eigenvalue weighted by atomic mass is 35.5. The van der Waals surface area contributed by atoms with Crippen molar-refractivity contribution in [2.24, 2.45) is 5.92 Å². The molecule has 2 atom stereocenters. The fourth-order valence-corrected chi connectivity index (χ4v) is 2.96. The van der Waals surface area contributed by atoms with E-state index in [9.17, 15) is 0 Å². The second-order valence-electron chi connectivity index (χ2n) is 5.31. The van der Waals surface area contributed by atoms with Crippen LogP contribution < -0.4 is 5.32 Å². The Kier molecular flexibility index (Phi) is 3.55. The maximum atomic E-state index is 5.95. The molecule has 102 valence electrons. The van der Waals surface area contributed by atoms with E-state index in [1.165, 1.54) is 32.1 Å². The van der Waals surface area contributed by atoms with Gasteiger partial charge >= 0.3 is 0 Å². The molecule has 2 heterocycles. The molecule has 2 aromatic heterocycles. The monoisotopic (exact) mass is 279 g/mol. The molecule has 1 saturated carbocycles.